The van der Waals surface area contributed by atoms with Crippen LogP contribution >= 0.6 is 0 Å². The fourth-order valence-electron chi connectivity index (χ4n) is 8.16. The predicted molar refractivity (Wildman–Crippen MR) is 170 cm³/mol. The van der Waals surface area contributed by atoms with Crippen LogP contribution in [-0.4, -0.2) is 87.6 Å². The van der Waals surface area contributed by atoms with E-state index in [1.807, 2.05) is 20.8 Å². The van der Waals surface area contributed by atoms with Crippen LogP contribution in [0.15, 0.2) is 24.5 Å². The number of benzene rings is 1. The molecular formula is C34H48FN7O3. The number of halogens is 1. The summed E-state index contributed by atoms with van der Waals surface area (Å²) in [4.78, 5) is 36.6. The van der Waals surface area contributed by atoms with E-state index >= 15 is 0 Å². The number of piperidine rings is 1. The van der Waals surface area contributed by atoms with Crippen molar-refractivity contribution in [2.24, 2.45) is 17.3 Å². The molecule has 6 rings (SSSR count). The van der Waals surface area contributed by atoms with E-state index in [4.69, 9.17) is 4.74 Å². The summed E-state index contributed by atoms with van der Waals surface area (Å²) in [6, 6.07) is 3.94. The minimum Gasteiger partial charge on any atom is -0.434 e. The first-order valence-electron chi connectivity index (χ1n) is 16.9. The molecule has 1 atom stereocenters. The van der Waals surface area contributed by atoms with Gasteiger partial charge in [0.1, 0.15) is 17.9 Å². The van der Waals surface area contributed by atoms with Crippen molar-refractivity contribution in [2.75, 3.05) is 44.2 Å². The number of hydrogen-bond donors (Lipinski definition) is 1. The number of anilines is 1. The molecule has 1 unspecified atom stereocenters. The fourth-order valence-corrected chi connectivity index (χ4v) is 8.16. The van der Waals surface area contributed by atoms with Gasteiger partial charge in [0.2, 0.25) is 5.91 Å². The van der Waals surface area contributed by atoms with Crippen molar-refractivity contribution < 1.29 is 18.7 Å². The average Bonchev–Trinajstić information content (AvgIpc) is 3.33. The van der Waals surface area contributed by atoms with Gasteiger partial charge in [-0.1, -0.05) is 6.92 Å². The highest BCUT2D eigenvalue weighted by Gasteiger charge is 2.48. The standard InChI is InChI=1S/C34H48FN7O3/c1-5-25-18-34(38-30(25)43)11-9-24(10-12-34)19-40-15-13-33(14-16-40)20-41(21-33)29-31(39-37-22-36-29)45-28-8-7-26(35)17-27(28)32(44)42(6-2)23(3)4/h7-8,17,22-25H,5-6,9-16,18-21H2,1-4H3,(H,38,43). The normalized spacial score (nSPS) is 26.3. The molecule has 1 aromatic carbocycles. The number of carbonyl (C=O) groups is 2. The van der Waals surface area contributed by atoms with Gasteiger partial charge in [-0.3, -0.25) is 9.59 Å². The van der Waals surface area contributed by atoms with Crippen molar-refractivity contribution in [1.29, 1.82) is 0 Å². The van der Waals surface area contributed by atoms with Crippen molar-refractivity contribution in [3.63, 3.8) is 0 Å². The third kappa shape index (κ3) is 6.50. The molecule has 10 nitrogen and oxygen atoms in total. The molecule has 244 valence electrons. The smallest absolute Gasteiger partial charge is 0.282 e. The molecule has 1 aliphatic carbocycles. The molecule has 3 aliphatic heterocycles. The third-order valence-electron chi connectivity index (χ3n) is 10.9. The zero-order valence-electron chi connectivity index (χ0n) is 27.2. The van der Waals surface area contributed by atoms with Crippen molar-refractivity contribution >= 4 is 17.6 Å². The molecule has 2 amide bonds. The Morgan fingerprint density at radius 3 is 2.53 bits per heavy atom. The summed E-state index contributed by atoms with van der Waals surface area (Å²) in [5, 5.41) is 11.5. The first kappa shape index (κ1) is 31.6. The maximum atomic E-state index is 14.3. The summed E-state index contributed by atoms with van der Waals surface area (Å²) in [6.07, 6.45) is 10.3. The molecule has 4 aliphatic rings. The molecule has 45 heavy (non-hydrogen) atoms. The fraction of sp³-hybridized carbons (Fsp3) is 0.676. The van der Waals surface area contributed by atoms with Gasteiger partial charge in [-0.05, 0) is 109 Å². The van der Waals surface area contributed by atoms with E-state index in [0.29, 0.717) is 18.3 Å². The highest BCUT2D eigenvalue weighted by molar-refractivity contribution is 5.97. The van der Waals surface area contributed by atoms with Crippen LogP contribution in [0.3, 0.4) is 0 Å². The Bertz CT molecular complexity index is 1380. The van der Waals surface area contributed by atoms with Crippen LogP contribution in [0.5, 0.6) is 11.6 Å². The molecule has 2 aromatic rings. The van der Waals surface area contributed by atoms with Crippen LogP contribution in [0.25, 0.3) is 0 Å². The van der Waals surface area contributed by atoms with Crippen molar-refractivity contribution in [3.8, 4) is 11.6 Å². The Hall–Kier alpha value is -3.34. The molecule has 1 N–H and O–H groups in total. The Morgan fingerprint density at radius 2 is 1.89 bits per heavy atom. The van der Waals surface area contributed by atoms with E-state index in [2.05, 4.69) is 37.2 Å². The van der Waals surface area contributed by atoms with Gasteiger partial charge < -0.3 is 24.8 Å². The van der Waals surface area contributed by atoms with Crippen molar-refractivity contribution in [2.45, 2.75) is 90.6 Å². The SMILES string of the molecule is CCC1CC2(CCC(CN3CCC4(CC3)CN(c3ncnnc3Oc3ccc(F)cc3C(=O)N(CC)C(C)C)C4)CC2)NC1=O. The van der Waals surface area contributed by atoms with Crippen LogP contribution in [0.4, 0.5) is 10.2 Å². The monoisotopic (exact) mass is 621 g/mol. The molecule has 4 fully saturated rings. The van der Waals surface area contributed by atoms with Gasteiger partial charge >= 0.3 is 0 Å². The van der Waals surface area contributed by atoms with Crippen LogP contribution in [0.2, 0.25) is 0 Å². The molecule has 1 saturated carbocycles. The lowest BCUT2D eigenvalue weighted by molar-refractivity contribution is -0.123. The Kier molecular flexibility index (Phi) is 9.00. The van der Waals surface area contributed by atoms with Gasteiger partial charge in [-0.2, -0.15) is 0 Å². The van der Waals surface area contributed by atoms with E-state index in [1.54, 1.807) is 4.90 Å². The molecule has 0 bridgehead atoms. The van der Waals surface area contributed by atoms with Gasteiger partial charge in [0.05, 0.1) is 5.56 Å². The average molecular weight is 622 g/mol. The quantitative estimate of drug-likeness (QED) is 0.415. The van der Waals surface area contributed by atoms with E-state index in [-0.39, 0.29) is 51.9 Å². The van der Waals surface area contributed by atoms with E-state index < -0.39 is 5.82 Å². The Morgan fingerprint density at radius 1 is 1.16 bits per heavy atom. The Balaban J connectivity index is 1.03. The summed E-state index contributed by atoms with van der Waals surface area (Å²) in [6.45, 7) is 13.5. The van der Waals surface area contributed by atoms with Crippen molar-refractivity contribution in [3.05, 3.63) is 35.9 Å². The molecule has 0 radical (unpaired) electrons. The number of nitrogens with zero attached hydrogens (tertiary/aromatic N) is 6. The molecule has 4 heterocycles. The molecule has 1 aromatic heterocycles. The largest absolute Gasteiger partial charge is 0.434 e. The Labute approximate surface area is 266 Å². The second-order valence-electron chi connectivity index (χ2n) is 14.2. The number of likely N-dealkylation sites (tertiary alicyclic amines) is 1. The lowest BCUT2D eigenvalue weighted by Crippen LogP contribution is -2.61. The third-order valence-corrected chi connectivity index (χ3v) is 10.9. The molecule has 11 heteroatoms. The minimum atomic E-state index is -0.501. The summed E-state index contributed by atoms with van der Waals surface area (Å²) in [5.74, 6) is 1.44. The zero-order chi connectivity index (χ0) is 31.8. The lowest BCUT2D eigenvalue weighted by Gasteiger charge is -2.54. The van der Waals surface area contributed by atoms with Gasteiger partial charge in [0, 0.05) is 49.1 Å². The van der Waals surface area contributed by atoms with Crippen molar-refractivity contribution in [1.82, 2.24) is 30.3 Å². The summed E-state index contributed by atoms with van der Waals surface area (Å²) in [5.41, 5.74) is 0.459. The van der Waals surface area contributed by atoms with Gasteiger partial charge in [0.15, 0.2) is 5.82 Å². The maximum absolute atomic E-state index is 14.3. The van der Waals surface area contributed by atoms with Gasteiger partial charge in [-0.25, -0.2) is 9.37 Å². The first-order chi connectivity index (χ1) is 21.6. The van der Waals surface area contributed by atoms with E-state index in [1.165, 1.54) is 37.4 Å². The maximum Gasteiger partial charge on any atom is 0.282 e. The number of hydrogen-bond acceptors (Lipinski definition) is 8. The second kappa shape index (κ2) is 12.8. The summed E-state index contributed by atoms with van der Waals surface area (Å²) in [7, 11) is 0. The number of amides is 2. The number of rotatable bonds is 9. The van der Waals surface area contributed by atoms with Crippen LogP contribution < -0.4 is 15.0 Å². The highest BCUT2D eigenvalue weighted by atomic mass is 19.1. The number of ether oxygens (including phenoxy) is 1. The van der Waals surface area contributed by atoms with E-state index in [9.17, 15) is 14.0 Å². The highest BCUT2D eigenvalue weighted by Crippen LogP contribution is 2.46. The zero-order valence-corrected chi connectivity index (χ0v) is 27.2. The first-order valence-corrected chi connectivity index (χ1v) is 16.9. The van der Waals surface area contributed by atoms with Crippen LogP contribution in [0, 0.1) is 23.1 Å². The molecular weight excluding hydrogens is 573 g/mol. The predicted octanol–water partition coefficient (Wildman–Crippen LogP) is 5.05. The molecule has 2 spiro atoms. The van der Waals surface area contributed by atoms with Crippen LogP contribution in [-0.2, 0) is 4.79 Å². The summed E-state index contributed by atoms with van der Waals surface area (Å²) >= 11 is 0. The number of aromatic nitrogens is 3. The van der Waals surface area contributed by atoms with Gasteiger partial charge in [-0.15, -0.1) is 10.2 Å². The number of carbonyl (C=O) groups excluding carboxylic acids is 2. The van der Waals surface area contributed by atoms with Gasteiger partial charge in [0.25, 0.3) is 11.8 Å². The second-order valence-corrected chi connectivity index (χ2v) is 14.2. The van der Waals surface area contributed by atoms with E-state index in [0.717, 1.165) is 71.2 Å². The van der Waals surface area contributed by atoms with Crippen LogP contribution in [0.1, 0.15) is 89.4 Å². The molecule has 3 saturated heterocycles. The minimum absolute atomic E-state index is 0.0410. The summed E-state index contributed by atoms with van der Waals surface area (Å²) < 4.78 is 20.4. The topological polar surface area (TPSA) is 104 Å². The lowest BCUT2D eigenvalue weighted by atomic mass is 9.71. The number of nitrogens with one attached hydrogen (secondary N) is 1.